The van der Waals surface area contributed by atoms with Gasteiger partial charge in [0.25, 0.3) is 5.91 Å². The molecule has 18 heavy (non-hydrogen) atoms. The highest BCUT2D eigenvalue weighted by Gasteiger charge is 2.26. The smallest absolute Gasteiger partial charge is 0.254 e. The Hall–Kier alpha value is -0.870. The van der Waals surface area contributed by atoms with Crippen LogP contribution in [0, 0.1) is 6.92 Å². The number of carbonyl (C=O) groups is 1. The Labute approximate surface area is 116 Å². The van der Waals surface area contributed by atoms with Gasteiger partial charge >= 0.3 is 0 Å². The van der Waals surface area contributed by atoms with Crippen LogP contribution in [0.5, 0.6) is 0 Å². The Balaban J connectivity index is 2.23. The third kappa shape index (κ3) is 2.93. The van der Waals surface area contributed by atoms with Gasteiger partial charge in [0.2, 0.25) is 0 Å². The summed E-state index contributed by atoms with van der Waals surface area (Å²) in [5.74, 6) is 0.106. The quantitative estimate of drug-likeness (QED) is 0.913. The summed E-state index contributed by atoms with van der Waals surface area (Å²) >= 11 is 3.44. The topological polar surface area (TPSA) is 46.3 Å². The Morgan fingerprint density at radius 1 is 1.44 bits per heavy atom. The SMILES string of the molecule is Cc1cc(Br)cc(C(=O)N2CCCCC2CN)c1. The van der Waals surface area contributed by atoms with E-state index in [0.717, 1.165) is 35.0 Å². The van der Waals surface area contributed by atoms with Gasteiger partial charge in [0.1, 0.15) is 0 Å². The molecule has 2 N–H and O–H groups in total. The molecule has 1 aliphatic rings. The molecule has 1 aromatic carbocycles. The zero-order valence-corrected chi connectivity index (χ0v) is 12.2. The number of likely N-dealkylation sites (tertiary alicyclic amines) is 1. The first-order valence-corrected chi connectivity index (χ1v) is 7.19. The molecule has 1 fully saturated rings. The van der Waals surface area contributed by atoms with Crippen LogP contribution in [0.15, 0.2) is 22.7 Å². The first kappa shape index (κ1) is 13.6. The van der Waals surface area contributed by atoms with E-state index >= 15 is 0 Å². The molecule has 1 unspecified atom stereocenters. The number of carbonyl (C=O) groups excluding carboxylic acids is 1. The summed E-state index contributed by atoms with van der Waals surface area (Å²) in [7, 11) is 0. The second-order valence-electron chi connectivity index (χ2n) is 4.90. The van der Waals surface area contributed by atoms with Crippen molar-refractivity contribution in [3.05, 3.63) is 33.8 Å². The van der Waals surface area contributed by atoms with E-state index < -0.39 is 0 Å². The Morgan fingerprint density at radius 2 is 2.22 bits per heavy atom. The molecule has 1 atom stereocenters. The highest BCUT2D eigenvalue weighted by Crippen LogP contribution is 2.21. The average molecular weight is 311 g/mol. The molecule has 0 aromatic heterocycles. The minimum absolute atomic E-state index is 0.106. The summed E-state index contributed by atoms with van der Waals surface area (Å²) in [4.78, 5) is 14.5. The van der Waals surface area contributed by atoms with Gasteiger partial charge in [0.05, 0.1) is 0 Å². The van der Waals surface area contributed by atoms with Gasteiger partial charge in [-0.05, 0) is 49.9 Å². The normalized spacial score (nSPS) is 19.9. The van der Waals surface area contributed by atoms with Gasteiger partial charge in [-0.2, -0.15) is 0 Å². The zero-order valence-electron chi connectivity index (χ0n) is 10.7. The first-order valence-electron chi connectivity index (χ1n) is 6.40. The number of benzene rings is 1. The summed E-state index contributed by atoms with van der Waals surface area (Å²) in [5.41, 5.74) is 7.61. The van der Waals surface area contributed by atoms with E-state index in [-0.39, 0.29) is 11.9 Å². The number of nitrogens with two attached hydrogens (primary N) is 1. The fourth-order valence-corrected chi connectivity index (χ4v) is 3.15. The van der Waals surface area contributed by atoms with Gasteiger partial charge in [-0.15, -0.1) is 0 Å². The van der Waals surface area contributed by atoms with Crippen molar-refractivity contribution >= 4 is 21.8 Å². The number of hydrogen-bond acceptors (Lipinski definition) is 2. The monoisotopic (exact) mass is 310 g/mol. The molecule has 0 bridgehead atoms. The largest absolute Gasteiger partial charge is 0.334 e. The molecule has 2 rings (SSSR count). The summed E-state index contributed by atoms with van der Waals surface area (Å²) in [6.45, 7) is 3.38. The van der Waals surface area contributed by atoms with Crippen LogP contribution in [0.25, 0.3) is 0 Å². The predicted molar refractivity (Wildman–Crippen MR) is 76.6 cm³/mol. The zero-order chi connectivity index (χ0) is 13.1. The molecule has 1 heterocycles. The maximum absolute atomic E-state index is 12.5. The minimum Gasteiger partial charge on any atom is -0.334 e. The van der Waals surface area contributed by atoms with Gasteiger partial charge in [-0.25, -0.2) is 0 Å². The lowest BCUT2D eigenvalue weighted by molar-refractivity contribution is 0.0623. The number of nitrogens with zero attached hydrogens (tertiary/aromatic N) is 1. The molecule has 0 aliphatic carbocycles. The van der Waals surface area contributed by atoms with Crippen LogP contribution in [0.4, 0.5) is 0 Å². The van der Waals surface area contributed by atoms with Gasteiger partial charge in [0.15, 0.2) is 0 Å². The predicted octanol–water partition coefficient (Wildman–Crippen LogP) is 2.71. The maximum atomic E-state index is 12.5. The minimum atomic E-state index is 0.106. The second-order valence-corrected chi connectivity index (χ2v) is 5.82. The fraction of sp³-hybridized carbons (Fsp3) is 0.500. The molecule has 0 spiro atoms. The Morgan fingerprint density at radius 3 is 2.89 bits per heavy atom. The molecule has 4 heteroatoms. The van der Waals surface area contributed by atoms with Crippen molar-refractivity contribution in [3.63, 3.8) is 0 Å². The van der Waals surface area contributed by atoms with Crippen LogP contribution in [0.2, 0.25) is 0 Å². The number of hydrogen-bond donors (Lipinski definition) is 1. The van der Waals surface area contributed by atoms with Gasteiger partial charge in [0, 0.05) is 29.2 Å². The van der Waals surface area contributed by atoms with E-state index in [1.54, 1.807) is 0 Å². The number of halogens is 1. The lowest BCUT2D eigenvalue weighted by atomic mass is 10.0. The van der Waals surface area contributed by atoms with Crippen LogP contribution in [0.1, 0.15) is 35.2 Å². The van der Waals surface area contributed by atoms with Crippen LogP contribution < -0.4 is 5.73 Å². The van der Waals surface area contributed by atoms with E-state index in [4.69, 9.17) is 5.73 Å². The molecule has 0 radical (unpaired) electrons. The maximum Gasteiger partial charge on any atom is 0.254 e. The van der Waals surface area contributed by atoms with Crippen molar-refractivity contribution in [1.29, 1.82) is 0 Å². The highest BCUT2D eigenvalue weighted by atomic mass is 79.9. The van der Waals surface area contributed by atoms with Crippen molar-refractivity contribution in [3.8, 4) is 0 Å². The number of piperidine rings is 1. The lowest BCUT2D eigenvalue weighted by Crippen LogP contribution is -2.47. The van der Waals surface area contributed by atoms with Crippen molar-refractivity contribution in [1.82, 2.24) is 4.90 Å². The molecule has 98 valence electrons. The van der Waals surface area contributed by atoms with Gasteiger partial charge < -0.3 is 10.6 Å². The van der Waals surface area contributed by atoms with E-state index in [1.807, 2.05) is 30.0 Å². The average Bonchev–Trinajstić information content (AvgIpc) is 2.36. The van der Waals surface area contributed by atoms with Crippen LogP contribution in [-0.4, -0.2) is 29.9 Å². The van der Waals surface area contributed by atoms with Crippen LogP contribution in [-0.2, 0) is 0 Å². The molecule has 3 nitrogen and oxygen atoms in total. The summed E-state index contributed by atoms with van der Waals surface area (Å²) in [5, 5.41) is 0. The number of aryl methyl sites for hydroxylation is 1. The second kappa shape index (κ2) is 5.85. The summed E-state index contributed by atoms with van der Waals surface area (Å²) in [6.07, 6.45) is 3.27. The Kier molecular flexibility index (Phi) is 4.40. The van der Waals surface area contributed by atoms with Crippen molar-refractivity contribution in [2.75, 3.05) is 13.1 Å². The fourth-order valence-electron chi connectivity index (χ4n) is 2.54. The van der Waals surface area contributed by atoms with Gasteiger partial charge in [-0.1, -0.05) is 15.9 Å². The van der Waals surface area contributed by atoms with Crippen molar-refractivity contribution in [2.24, 2.45) is 5.73 Å². The Bertz CT molecular complexity index is 427. The van der Waals surface area contributed by atoms with E-state index in [1.165, 1.54) is 6.42 Å². The first-order chi connectivity index (χ1) is 8.61. The molecule has 1 aliphatic heterocycles. The number of rotatable bonds is 2. The third-order valence-corrected chi connectivity index (χ3v) is 3.91. The molecule has 1 amide bonds. The summed E-state index contributed by atoms with van der Waals surface area (Å²) < 4.78 is 0.951. The van der Waals surface area contributed by atoms with Crippen molar-refractivity contribution < 1.29 is 4.79 Å². The van der Waals surface area contributed by atoms with E-state index in [2.05, 4.69) is 15.9 Å². The molecular formula is C14H19BrN2O. The standard InChI is InChI=1S/C14H19BrN2O/c1-10-6-11(8-12(15)7-10)14(18)17-5-3-2-4-13(17)9-16/h6-8,13H,2-5,9,16H2,1H3. The summed E-state index contributed by atoms with van der Waals surface area (Å²) in [6, 6.07) is 6.03. The molecular weight excluding hydrogens is 292 g/mol. The van der Waals surface area contributed by atoms with Crippen molar-refractivity contribution in [2.45, 2.75) is 32.2 Å². The van der Waals surface area contributed by atoms with Gasteiger partial charge in [-0.3, -0.25) is 4.79 Å². The van der Waals surface area contributed by atoms with Crippen LogP contribution in [0.3, 0.4) is 0 Å². The lowest BCUT2D eigenvalue weighted by Gasteiger charge is -2.35. The van der Waals surface area contributed by atoms with E-state index in [9.17, 15) is 4.79 Å². The van der Waals surface area contributed by atoms with E-state index in [0.29, 0.717) is 6.54 Å². The molecule has 0 saturated carbocycles. The molecule has 1 aromatic rings. The highest BCUT2D eigenvalue weighted by molar-refractivity contribution is 9.10. The third-order valence-electron chi connectivity index (χ3n) is 3.45. The van der Waals surface area contributed by atoms with Crippen LogP contribution >= 0.6 is 15.9 Å². The number of amides is 1. The molecule has 1 saturated heterocycles.